The normalized spacial score (nSPS) is 22.5. The monoisotopic (exact) mass is 503 g/mol. The van der Waals surface area contributed by atoms with Gasteiger partial charge in [0.15, 0.2) is 0 Å². The molecule has 2 radical (unpaired) electrons. The lowest BCUT2D eigenvalue weighted by Crippen LogP contribution is -2.66. The third-order valence-electron chi connectivity index (χ3n) is 8.22. The van der Waals surface area contributed by atoms with Crippen molar-refractivity contribution >= 4 is 23.0 Å². The van der Waals surface area contributed by atoms with Gasteiger partial charge in [-0.3, -0.25) is 9.69 Å². The van der Waals surface area contributed by atoms with Gasteiger partial charge >= 0.3 is 6.09 Å². The maximum absolute atomic E-state index is 13.9. The van der Waals surface area contributed by atoms with Gasteiger partial charge in [0.1, 0.15) is 11.1 Å². The number of benzene rings is 2. The van der Waals surface area contributed by atoms with Gasteiger partial charge in [0.2, 0.25) is 5.91 Å². The predicted octanol–water partition coefficient (Wildman–Crippen LogP) is 4.82. The first-order valence-corrected chi connectivity index (χ1v) is 13.1. The molecule has 37 heavy (non-hydrogen) atoms. The number of carbonyl (C=O) groups is 2. The largest absolute Gasteiger partial charge is 0.465 e. The molecule has 2 saturated carbocycles. The summed E-state index contributed by atoms with van der Waals surface area (Å²) in [7, 11) is 0. The van der Waals surface area contributed by atoms with E-state index in [2.05, 4.69) is 15.6 Å². The van der Waals surface area contributed by atoms with Crippen LogP contribution in [0.3, 0.4) is 0 Å². The molecule has 2 amide bonds. The average Bonchev–Trinajstić information content (AvgIpc) is 3.29. The van der Waals surface area contributed by atoms with E-state index in [1.807, 2.05) is 54.6 Å². The Hall–Kier alpha value is -3.42. The Kier molecular flexibility index (Phi) is 8.15. The second kappa shape index (κ2) is 11.3. The minimum atomic E-state index is -1.34. The van der Waals surface area contributed by atoms with Crippen LogP contribution in [0.5, 0.6) is 0 Å². The van der Waals surface area contributed by atoms with Crippen LogP contribution in [0, 0.1) is 19.3 Å². The van der Waals surface area contributed by atoms with Gasteiger partial charge in [0.05, 0.1) is 12.1 Å². The number of aromatic nitrogens is 3. The maximum Gasteiger partial charge on any atom is 0.408 e. The summed E-state index contributed by atoms with van der Waals surface area (Å²) in [6, 6.07) is 17.4. The molecule has 0 aliphatic heterocycles. The highest BCUT2D eigenvalue weighted by Gasteiger charge is 2.50. The molecule has 2 aliphatic rings. The van der Waals surface area contributed by atoms with Gasteiger partial charge in [0, 0.05) is 12.6 Å². The molecule has 3 aromatic rings. The molecule has 196 valence electrons. The molecule has 8 heteroatoms. The van der Waals surface area contributed by atoms with Crippen molar-refractivity contribution in [1.82, 2.24) is 25.2 Å². The lowest BCUT2D eigenvalue weighted by atomic mass is 9.68. The number of amides is 2. The Balaban J connectivity index is 0.00000320. The van der Waals surface area contributed by atoms with Gasteiger partial charge in [-0.2, -0.15) is 0 Å². The minimum absolute atomic E-state index is 0. The van der Waals surface area contributed by atoms with Crippen LogP contribution in [-0.2, 0) is 17.8 Å². The van der Waals surface area contributed by atoms with E-state index in [4.69, 9.17) is 0 Å². The fraction of sp³-hybridized carbons (Fsp3) is 0.483. The van der Waals surface area contributed by atoms with Gasteiger partial charge in [-0.25, -0.2) is 9.48 Å². The molecule has 4 atom stereocenters. The van der Waals surface area contributed by atoms with Crippen molar-refractivity contribution in [2.24, 2.45) is 11.8 Å². The fourth-order valence-electron chi connectivity index (χ4n) is 6.38. The van der Waals surface area contributed by atoms with Crippen LogP contribution < -0.4 is 5.32 Å². The molecule has 2 bridgehead atoms. The highest BCUT2D eigenvalue weighted by molar-refractivity contribution is 5.89. The van der Waals surface area contributed by atoms with E-state index >= 15 is 0 Å². The predicted molar refractivity (Wildman–Crippen MR) is 143 cm³/mol. The van der Waals surface area contributed by atoms with E-state index in [1.165, 1.54) is 11.3 Å². The van der Waals surface area contributed by atoms with Crippen LogP contribution >= 0.6 is 0 Å². The molecule has 0 saturated heterocycles. The summed E-state index contributed by atoms with van der Waals surface area (Å²) in [6.07, 6.45) is 5.88. The van der Waals surface area contributed by atoms with E-state index < -0.39 is 11.6 Å². The Bertz CT molecular complexity index is 1210. The van der Waals surface area contributed by atoms with Gasteiger partial charge < -0.3 is 10.4 Å². The van der Waals surface area contributed by atoms with Crippen molar-refractivity contribution in [2.45, 2.75) is 70.0 Å². The second-order valence-electron chi connectivity index (χ2n) is 10.6. The summed E-state index contributed by atoms with van der Waals surface area (Å²) >= 11 is 0. The Morgan fingerprint density at radius 1 is 1.08 bits per heavy atom. The molecule has 1 heterocycles. The van der Waals surface area contributed by atoms with Gasteiger partial charge in [-0.15, -0.1) is 5.10 Å². The lowest BCUT2D eigenvalue weighted by Gasteiger charge is -2.49. The number of para-hydroxylation sites is 1. The average molecular weight is 504 g/mol. The maximum atomic E-state index is 13.9. The highest BCUT2D eigenvalue weighted by atomic mass is 16.4. The van der Waals surface area contributed by atoms with Crippen LogP contribution in [-0.4, -0.2) is 55.1 Å². The molecule has 2 aliphatic carbocycles. The van der Waals surface area contributed by atoms with E-state index in [0.29, 0.717) is 18.9 Å². The molecular weight excluding hydrogens is 466 g/mol. The van der Waals surface area contributed by atoms with Gasteiger partial charge in [-0.1, -0.05) is 67.9 Å². The first-order chi connectivity index (χ1) is 17.5. The zero-order chi connectivity index (χ0) is 25.1. The number of hydrogen-bond donors (Lipinski definition) is 2. The van der Waals surface area contributed by atoms with Crippen LogP contribution in [0.2, 0.25) is 0 Å². The van der Waals surface area contributed by atoms with Crippen molar-refractivity contribution in [2.75, 3.05) is 6.54 Å². The third-order valence-corrected chi connectivity index (χ3v) is 8.22. The van der Waals surface area contributed by atoms with Crippen molar-refractivity contribution in [1.29, 1.82) is 0 Å². The van der Waals surface area contributed by atoms with Gasteiger partial charge in [-0.05, 0) is 68.6 Å². The molecule has 4 unspecified atom stereocenters. The summed E-state index contributed by atoms with van der Waals surface area (Å²) in [5.74, 6) is 0.678. The summed E-state index contributed by atoms with van der Waals surface area (Å²) in [5.41, 5.74) is 1.29. The second-order valence-corrected chi connectivity index (χ2v) is 10.6. The van der Waals surface area contributed by atoms with Crippen LogP contribution in [0.15, 0.2) is 54.6 Å². The number of nitrogens with one attached hydrogen (secondary N) is 1. The number of carbonyl (C=O) groups excluding carboxylic acids is 1. The molecule has 0 spiro atoms. The smallest absolute Gasteiger partial charge is 0.408 e. The zero-order valence-corrected chi connectivity index (χ0v) is 21.6. The molecule has 2 aromatic carbocycles. The topological polar surface area (TPSA) is 100 Å². The summed E-state index contributed by atoms with van der Waals surface area (Å²) in [5, 5.41) is 22.2. The zero-order valence-electron chi connectivity index (χ0n) is 21.6. The first kappa shape index (κ1) is 26.6. The van der Waals surface area contributed by atoms with Crippen molar-refractivity contribution < 1.29 is 14.7 Å². The summed E-state index contributed by atoms with van der Waals surface area (Å²) in [4.78, 5) is 28.3. The molecule has 1 aromatic heterocycles. The SMILES string of the molecule is CC(Cn1nnc2ccccc21)(C(=O)NCCc1ccccc1)N(C(=O)O)C1CCC2CCCC1C2.[CH2]. The number of carboxylic acid groups (broad SMARTS) is 1. The Morgan fingerprint density at radius 2 is 1.84 bits per heavy atom. The van der Waals surface area contributed by atoms with E-state index in [0.717, 1.165) is 48.7 Å². The summed E-state index contributed by atoms with van der Waals surface area (Å²) in [6.45, 7) is 2.29. The molecule has 2 N–H and O–H groups in total. The van der Waals surface area contributed by atoms with Crippen molar-refractivity contribution in [3.8, 4) is 0 Å². The molecule has 8 nitrogen and oxygen atoms in total. The standard InChI is InChI=1S/C28H35N5O3.CH2/c1-28(19-32-25-13-6-5-12-23(25)30-31-32,26(34)29-17-16-20-8-3-2-4-9-20)33(27(35)36)24-15-14-21-10-7-11-22(24)18-21;/h2-6,8-9,12-13,21-22,24H,7,10-11,14-19H2,1H3,(H,29,34)(H,35,36);1H2. The van der Waals surface area contributed by atoms with Crippen LogP contribution in [0.4, 0.5) is 4.79 Å². The molecular formula is C29H37N5O3. The quantitative estimate of drug-likeness (QED) is 0.459. The first-order valence-electron chi connectivity index (χ1n) is 13.1. The number of nitrogens with zero attached hydrogens (tertiary/aromatic N) is 4. The lowest BCUT2D eigenvalue weighted by molar-refractivity contribution is -0.136. The summed E-state index contributed by atoms with van der Waals surface area (Å²) < 4.78 is 1.68. The third kappa shape index (κ3) is 5.48. The minimum Gasteiger partial charge on any atom is -0.465 e. The van der Waals surface area contributed by atoms with E-state index in [-0.39, 0.29) is 31.8 Å². The Labute approximate surface area is 219 Å². The fourth-order valence-corrected chi connectivity index (χ4v) is 6.38. The molecule has 5 rings (SSSR count). The van der Waals surface area contributed by atoms with Crippen molar-refractivity contribution in [3.63, 3.8) is 0 Å². The Morgan fingerprint density at radius 3 is 2.62 bits per heavy atom. The van der Waals surface area contributed by atoms with Gasteiger partial charge in [0.25, 0.3) is 0 Å². The van der Waals surface area contributed by atoms with E-state index in [1.54, 1.807) is 11.6 Å². The van der Waals surface area contributed by atoms with E-state index in [9.17, 15) is 14.7 Å². The number of hydrogen-bond acceptors (Lipinski definition) is 4. The highest BCUT2D eigenvalue weighted by Crippen LogP contribution is 2.43. The van der Waals surface area contributed by atoms with Crippen LogP contribution in [0.1, 0.15) is 51.0 Å². The van der Waals surface area contributed by atoms with Crippen molar-refractivity contribution in [3.05, 3.63) is 67.6 Å². The number of rotatable bonds is 8. The number of fused-ring (bicyclic) bond motifs is 3. The molecule has 2 fully saturated rings. The van der Waals surface area contributed by atoms with Crippen LogP contribution in [0.25, 0.3) is 11.0 Å².